The van der Waals surface area contributed by atoms with Gasteiger partial charge in [0.1, 0.15) is 30.5 Å². The minimum atomic E-state index is -0.783. The molecular formula is C27H26FN5O3. The van der Waals surface area contributed by atoms with Crippen LogP contribution in [0.15, 0.2) is 73.3 Å². The fourth-order valence-corrected chi connectivity index (χ4v) is 4.74. The van der Waals surface area contributed by atoms with Crippen molar-refractivity contribution in [2.24, 2.45) is 0 Å². The first kappa shape index (κ1) is 22.8. The van der Waals surface area contributed by atoms with E-state index in [0.29, 0.717) is 29.1 Å². The Balaban J connectivity index is 1.29. The number of nitrogens with zero attached hydrogens (tertiary/aromatic N) is 4. The van der Waals surface area contributed by atoms with E-state index in [0.717, 1.165) is 5.56 Å². The van der Waals surface area contributed by atoms with E-state index in [-0.39, 0.29) is 11.9 Å². The third-order valence-corrected chi connectivity index (χ3v) is 6.37. The molecule has 36 heavy (non-hydrogen) atoms. The van der Waals surface area contributed by atoms with Crippen LogP contribution in [0.1, 0.15) is 31.2 Å². The predicted octanol–water partition coefficient (Wildman–Crippen LogP) is 4.71. The summed E-state index contributed by atoms with van der Waals surface area (Å²) in [5, 5.41) is 3.35. The molecule has 0 bridgehead atoms. The second-order valence-electron chi connectivity index (χ2n) is 9.32. The number of benzene rings is 2. The standard InChI is InChI=1S/C27H26FN5O3/c1-27(2)35-22-20(13-12-18-10-6-7-11-19(18)28)34-26(23(22)36-27)33-16-32-21-24(30-15-31-25(21)33)29-14-17-8-4-3-5-9-17/h3-13,15-16,20,22-23,26H,14H2,1-2H3,(H,29,30,31)/t20-,22-,23-,26-/m1/s1. The number of hydrogen-bond acceptors (Lipinski definition) is 7. The summed E-state index contributed by atoms with van der Waals surface area (Å²) in [5.41, 5.74) is 2.87. The van der Waals surface area contributed by atoms with Crippen molar-refractivity contribution in [3.8, 4) is 0 Å². The van der Waals surface area contributed by atoms with Gasteiger partial charge in [0.25, 0.3) is 0 Å². The lowest BCUT2D eigenvalue weighted by Crippen LogP contribution is -2.28. The lowest BCUT2D eigenvalue weighted by atomic mass is 10.1. The molecule has 0 amide bonds. The van der Waals surface area contributed by atoms with Crippen molar-refractivity contribution < 1.29 is 18.6 Å². The molecule has 1 N–H and O–H groups in total. The van der Waals surface area contributed by atoms with Crippen molar-refractivity contribution in [1.82, 2.24) is 19.5 Å². The molecule has 0 radical (unpaired) electrons. The SMILES string of the molecule is CC1(C)O[C@@H]2[C@H](O1)[C@@H](C=Cc1ccccc1F)O[C@H]2n1cnc2c(NCc3ccccc3)ncnc21. The molecule has 9 heteroatoms. The number of ether oxygens (including phenoxy) is 3. The first-order valence-corrected chi connectivity index (χ1v) is 11.9. The quantitative estimate of drug-likeness (QED) is 0.422. The first-order valence-electron chi connectivity index (χ1n) is 11.9. The number of nitrogens with one attached hydrogen (secondary N) is 1. The van der Waals surface area contributed by atoms with Gasteiger partial charge in [0.15, 0.2) is 29.0 Å². The van der Waals surface area contributed by atoms with Gasteiger partial charge in [0.2, 0.25) is 0 Å². The van der Waals surface area contributed by atoms with Gasteiger partial charge in [-0.25, -0.2) is 19.3 Å². The maximum Gasteiger partial charge on any atom is 0.167 e. The Morgan fingerprint density at radius 3 is 2.61 bits per heavy atom. The highest BCUT2D eigenvalue weighted by Crippen LogP contribution is 2.44. The van der Waals surface area contributed by atoms with Crippen molar-refractivity contribution >= 4 is 23.1 Å². The number of hydrogen-bond donors (Lipinski definition) is 1. The largest absolute Gasteiger partial charge is 0.364 e. The number of aromatic nitrogens is 4. The molecule has 2 aliphatic rings. The van der Waals surface area contributed by atoms with Crippen LogP contribution >= 0.6 is 0 Å². The maximum atomic E-state index is 14.2. The van der Waals surface area contributed by atoms with Crippen LogP contribution in [-0.4, -0.2) is 43.6 Å². The molecule has 4 atom stereocenters. The predicted molar refractivity (Wildman–Crippen MR) is 132 cm³/mol. The molecule has 2 aromatic carbocycles. The molecule has 0 unspecified atom stereocenters. The first-order chi connectivity index (χ1) is 17.5. The monoisotopic (exact) mass is 487 g/mol. The Morgan fingerprint density at radius 2 is 1.78 bits per heavy atom. The van der Waals surface area contributed by atoms with E-state index >= 15 is 0 Å². The van der Waals surface area contributed by atoms with E-state index in [1.165, 1.54) is 12.4 Å². The Hall–Kier alpha value is -3.66. The molecule has 0 spiro atoms. The summed E-state index contributed by atoms with van der Waals surface area (Å²) in [7, 11) is 0. The van der Waals surface area contributed by atoms with Gasteiger partial charge in [-0.2, -0.15) is 0 Å². The maximum absolute atomic E-state index is 14.2. The summed E-state index contributed by atoms with van der Waals surface area (Å²) in [4.78, 5) is 13.5. The second kappa shape index (κ2) is 9.09. The van der Waals surface area contributed by atoms with Crippen LogP contribution < -0.4 is 5.32 Å². The van der Waals surface area contributed by atoms with Crippen LogP contribution in [0, 0.1) is 5.82 Å². The van der Waals surface area contributed by atoms with Crippen LogP contribution in [-0.2, 0) is 20.8 Å². The van der Waals surface area contributed by atoms with Gasteiger partial charge in [-0.1, -0.05) is 60.7 Å². The van der Waals surface area contributed by atoms with Gasteiger partial charge >= 0.3 is 0 Å². The fourth-order valence-electron chi connectivity index (χ4n) is 4.74. The van der Waals surface area contributed by atoms with Gasteiger partial charge in [-0.05, 0) is 25.5 Å². The zero-order valence-corrected chi connectivity index (χ0v) is 19.9. The smallest absolute Gasteiger partial charge is 0.167 e. The third-order valence-electron chi connectivity index (χ3n) is 6.37. The molecule has 2 fully saturated rings. The minimum Gasteiger partial charge on any atom is -0.364 e. The molecule has 2 aliphatic heterocycles. The van der Waals surface area contributed by atoms with Crippen molar-refractivity contribution in [2.45, 2.75) is 50.7 Å². The zero-order chi connectivity index (χ0) is 24.7. The van der Waals surface area contributed by atoms with E-state index in [2.05, 4.69) is 20.3 Å². The van der Waals surface area contributed by atoms with Gasteiger partial charge in [0, 0.05) is 12.1 Å². The summed E-state index contributed by atoms with van der Waals surface area (Å²) in [6.07, 6.45) is 4.98. The average molecular weight is 488 g/mol. The van der Waals surface area contributed by atoms with Crippen LogP contribution in [0.25, 0.3) is 17.2 Å². The fraction of sp³-hybridized carbons (Fsp3) is 0.296. The molecule has 2 aromatic heterocycles. The van der Waals surface area contributed by atoms with E-state index in [1.54, 1.807) is 30.6 Å². The second-order valence-corrected chi connectivity index (χ2v) is 9.32. The van der Waals surface area contributed by atoms with Crippen LogP contribution in [0.4, 0.5) is 10.2 Å². The van der Waals surface area contributed by atoms with Gasteiger partial charge in [-0.3, -0.25) is 4.57 Å². The van der Waals surface area contributed by atoms with Crippen molar-refractivity contribution in [1.29, 1.82) is 0 Å². The van der Waals surface area contributed by atoms with Crippen molar-refractivity contribution in [3.63, 3.8) is 0 Å². The highest BCUT2D eigenvalue weighted by atomic mass is 19.1. The summed E-state index contributed by atoms with van der Waals surface area (Å²) in [6, 6.07) is 16.7. The van der Waals surface area contributed by atoms with E-state index in [4.69, 9.17) is 14.2 Å². The Labute approximate surface area is 207 Å². The molecule has 2 saturated heterocycles. The molecule has 4 aromatic rings. The molecule has 4 heterocycles. The van der Waals surface area contributed by atoms with E-state index in [1.807, 2.05) is 54.8 Å². The molecule has 0 saturated carbocycles. The van der Waals surface area contributed by atoms with Crippen LogP contribution in [0.5, 0.6) is 0 Å². The van der Waals surface area contributed by atoms with Gasteiger partial charge in [-0.15, -0.1) is 0 Å². The summed E-state index contributed by atoms with van der Waals surface area (Å²) >= 11 is 0. The average Bonchev–Trinajstić information content (AvgIpc) is 3.54. The highest BCUT2D eigenvalue weighted by Gasteiger charge is 2.55. The lowest BCUT2D eigenvalue weighted by molar-refractivity contribution is -0.191. The highest BCUT2D eigenvalue weighted by molar-refractivity contribution is 5.82. The number of rotatable bonds is 6. The topological polar surface area (TPSA) is 83.3 Å². The van der Waals surface area contributed by atoms with Gasteiger partial charge < -0.3 is 19.5 Å². The Bertz CT molecular complexity index is 1410. The molecule has 6 rings (SSSR count). The number of halogens is 1. The minimum absolute atomic E-state index is 0.295. The number of fused-ring (bicyclic) bond motifs is 2. The zero-order valence-electron chi connectivity index (χ0n) is 19.9. The van der Waals surface area contributed by atoms with E-state index in [9.17, 15) is 4.39 Å². The Morgan fingerprint density at radius 1 is 1.00 bits per heavy atom. The third kappa shape index (κ3) is 4.26. The Kier molecular flexibility index (Phi) is 5.75. The van der Waals surface area contributed by atoms with E-state index < -0.39 is 24.2 Å². The van der Waals surface area contributed by atoms with Crippen molar-refractivity contribution in [2.75, 3.05) is 5.32 Å². The number of anilines is 1. The normalized spacial score (nSPS) is 25.0. The van der Waals surface area contributed by atoms with Gasteiger partial charge in [0.05, 0.1) is 6.33 Å². The molecular weight excluding hydrogens is 461 g/mol. The van der Waals surface area contributed by atoms with Crippen LogP contribution in [0.3, 0.4) is 0 Å². The molecule has 184 valence electrons. The van der Waals surface area contributed by atoms with Crippen LogP contribution in [0.2, 0.25) is 0 Å². The summed E-state index contributed by atoms with van der Waals surface area (Å²) in [6.45, 7) is 4.36. The lowest BCUT2D eigenvalue weighted by Gasteiger charge is -2.24. The van der Waals surface area contributed by atoms with Crippen molar-refractivity contribution in [3.05, 3.63) is 90.3 Å². The number of imidazole rings is 1. The summed E-state index contributed by atoms with van der Waals surface area (Å²) in [5.74, 6) is -0.441. The summed E-state index contributed by atoms with van der Waals surface area (Å²) < 4.78 is 34.8. The molecule has 8 nitrogen and oxygen atoms in total. The molecule has 0 aliphatic carbocycles.